The van der Waals surface area contributed by atoms with E-state index in [0.29, 0.717) is 18.2 Å². The third-order valence-electron chi connectivity index (χ3n) is 4.18. The number of carbonyl (C=O) groups excluding carboxylic acids is 1. The first-order chi connectivity index (χ1) is 10.3. The van der Waals surface area contributed by atoms with E-state index in [1.54, 1.807) is 12.1 Å². The number of benzene rings is 1. The fourth-order valence-corrected chi connectivity index (χ4v) is 3.11. The molecule has 1 aromatic rings. The van der Waals surface area contributed by atoms with Crippen molar-refractivity contribution in [2.24, 2.45) is 0 Å². The van der Waals surface area contributed by atoms with Crippen LogP contribution in [0.3, 0.4) is 0 Å². The summed E-state index contributed by atoms with van der Waals surface area (Å²) in [6.07, 6.45) is 7.30. The van der Waals surface area contributed by atoms with Crippen molar-refractivity contribution in [1.29, 1.82) is 0 Å². The van der Waals surface area contributed by atoms with Gasteiger partial charge in [0.2, 0.25) is 0 Å². The van der Waals surface area contributed by atoms with E-state index in [9.17, 15) is 4.79 Å². The Bertz CT molecular complexity index is 416. The van der Waals surface area contributed by atoms with Crippen LogP contribution in [-0.4, -0.2) is 36.6 Å². The molecule has 1 aliphatic rings. The summed E-state index contributed by atoms with van der Waals surface area (Å²) in [6, 6.07) is 9.91. The Kier molecular flexibility index (Phi) is 6.74. The van der Waals surface area contributed by atoms with E-state index in [0.717, 1.165) is 12.8 Å². The van der Waals surface area contributed by atoms with Gasteiger partial charge in [-0.15, -0.1) is 0 Å². The van der Waals surface area contributed by atoms with Crippen LogP contribution >= 0.6 is 0 Å². The third-order valence-corrected chi connectivity index (χ3v) is 4.18. The normalized spacial score (nSPS) is 19.4. The number of rotatable bonds is 7. The second-order valence-corrected chi connectivity index (χ2v) is 5.83. The molecule has 0 amide bonds. The zero-order valence-corrected chi connectivity index (χ0v) is 13.1. The lowest BCUT2D eigenvalue weighted by Gasteiger charge is -2.35. The number of carbonyl (C=O) groups is 1. The number of esters is 1. The summed E-state index contributed by atoms with van der Waals surface area (Å²) in [5.41, 5.74) is 0.641. The molecule has 1 atom stereocenters. The molecule has 21 heavy (non-hydrogen) atoms. The third kappa shape index (κ3) is 5.16. The monoisotopic (exact) mass is 289 g/mol. The highest BCUT2D eigenvalue weighted by Crippen LogP contribution is 2.21. The van der Waals surface area contributed by atoms with E-state index in [1.165, 1.54) is 38.8 Å². The summed E-state index contributed by atoms with van der Waals surface area (Å²) in [7, 11) is 0. The zero-order valence-electron chi connectivity index (χ0n) is 13.1. The summed E-state index contributed by atoms with van der Waals surface area (Å²) in [6.45, 7) is 5.22. The molecule has 1 aromatic carbocycles. The Morgan fingerprint density at radius 2 is 2.10 bits per heavy atom. The van der Waals surface area contributed by atoms with Crippen LogP contribution in [-0.2, 0) is 4.74 Å². The predicted molar refractivity (Wildman–Crippen MR) is 85.5 cm³/mol. The van der Waals surface area contributed by atoms with Crippen molar-refractivity contribution in [2.75, 3.05) is 19.7 Å². The van der Waals surface area contributed by atoms with Crippen molar-refractivity contribution in [3.8, 4) is 0 Å². The number of hydrogen-bond donors (Lipinski definition) is 0. The van der Waals surface area contributed by atoms with Crippen LogP contribution in [0, 0.1) is 0 Å². The fraction of sp³-hybridized carbons (Fsp3) is 0.611. The summed E-state index contributed by atoms with van der Waals surface area (Å²) >= 11 is 0. The van der Waals surface area contributed by atoms with Crippen molar-refractivity contribution in [2.45, 2.75) is 51.5 Å². The van der Waals surface area contributed by atoms with Gasteiger partial charge < -0.3 is 9.64 Å². The standard InChI is InChI=1S/C18H27NO2/c1-2-13-19-14-7-6-11-17(19)12-8-15-21-18(20)16-9-4-3-5-10-16/h3-5,9-10,17H,2,6-8,11-15H2,1H3. The minimum Gasteiger partial charge on any atom is -0.462 e. The zero-order chi connectivity index (χ0) is 14.9. The largest absolute Gasteiger partial charge is 0.462 e. The first kappa shape index (κ1) is 16.0. The van der Waals surface area contributed by atoms with Gasteiger partial charge in [0.15, 0.2) is 0 Å². The molecule has 1 heterocycles. The van der Waals surface area contributed by atoms with Crippen LogP contribution in [0.1, 0.15) is 55.8 Å². The Balaban J connectivity index is 1.68. The van der Waals surface area contributed by atoms with Gasteiger partial charge in [0, 0.05) is 6.04 Å². The number of hydrogen-bond acceptors (Lipinski definition) is 3. The molecule has 1 aliphatic heterocycles. The summed E-state index contributed by atoms with van der Waals surface area (Å²) in [5, 5.41) is 0. The van der Waals surface area contributed by atoms with Gasteiger partial charge >= 0.3 is 5.97 Å². The lowest BCUT2D eigenvalue weighted by Crippen LogP contribution is -2.40. The number of likely N-dealkylation sites (tertiary alicyclic amines) is 1. The van der Waals surface area contributed by atoms with Gasteiger partial charge in [0.05, 0.1) is 12.2 Å². The van der Waals surface area contributed by atoms with Crippen LogP contribution in [0.25, 0.3) is 0 Å². The average molecular weight is 289 g/mol. The molecular weight excluding hydrogens is 262 g/mol. The summed E-state index contributed by atoms with van der Waals surface area (Å²) < 4.78 is 5.36. The molecule has 116 valence electrons. The van der Waals surface area contributed by atoms with Crippen LogP contribution in [0.4, 0.5) is 0 Å². The Morgan fingerprint density at radius 3 is 2.86 bits per heavy atom. The number of ether oxygens (including phenoxy) is 1. The molecule has 0 saturated carbocycles. The maximum atomic E-state index is 11.8. The molecule has 0 aromatic heterocycles. The van der Waals surface area contributed by atoms with Crippen LogP contribution in [0.5, 0.6) is 0 Å². The van der Waals surface area contributed by atoms with Crippen molar-refractivity contribution in [1.82, 2.24) is 4.90 Å². The van der Waals surface area contributed by atoms with Gasteiger partial charge in [-0.2, -0.15) is 0 Å². The highest BCUT2D eigenvalue weighted by molar-refractivity contribution is 5.89. The highest BCUT2D eigenvalue weighted by atomic mass is 16.5. The molecule has 0 bridgehead atoms. The Morgan fingerprint density at radius 1 is 1.29 bits per heavy atom. The minimum atomic E-state index is -0.204. The number of nitrogens with zero attached hydrogens (tertiary/aromatic N) is 1. The lowest BCUT2D eigenvalue weighted by atomic mass is 9.98. The predicted octanol–water partition coefficient (Wildman–Crippen LogP) is 3.89. The van der Waals surface area contributed by atoms with Gasteiger partial charge in [-0.05, 0) is 57.3 Å². The SMILES string of the molecule is CCCN1CCCCC1CCCOC(=O)c1ccccc1. The Hall–Kier alpha value is -1.35. The molecular formula is C18H27NO2. The van der Waals surface area contributed by atoms with Crippen molar-refractivity contribution in [3.63, 3.8) is 0 Å². The van der Waals surface area contributed by atoms with Gasteiger partial charge in [0.25, 0.3) is 0 Å². The van der Waals surface area contributed by atoms with Gasteiger partial charge in [0.1, 0.15) is 0 Å². The van der Waals surface area contributed by atoms with Crippen molar-refractivity contribution in [3.05, 3.63) is 35.9 Å². The first-order valence-electron chi connectivity index (χ1n) is 8.27. The van der Waals surface area contributed by atoms with E-state index < -0.39 is 0 Å². The smallest absolute Gasteiger partial charge is 0.338 e. The first-order valence-corrected chi connectivity index (χ1v) is 8.27. The molecule has 2 rings (SSSR count). The van der Waals surface area contributed by atoms with Gasteiger partial charge in [-0.1, -0.05) is 31.5 Å². The maximum Gasteiger partial charge on any atom is 0.338 e. The molecule has 0 N–H and O–H groups in total. The van der Waals surface area contributed by atoms with Gasteiger partial charge in [-0.3, -0.25) is 0 Å². The molecule has 0 spiro atoms. The van der Waals surface area contributed by atoms with E-state index in [-0.39, 0.29) is 5.97 Å². The van der Waals surface area contributed by atoms with Crippen LogP contribution < -0.4 is 0 Å². The molecule has 3 nitrogen and oxygen atoms in total. The van der Waals surface area contributed by atoms with E-state index in [4.69, 9.17) is 4.74 Å². The summed E-state index contributed by atoms with van der Waals surface area (Å²) in [5.74, 6) is -0.204. The fourth-order valence-electron chi connectivity index (χ4n) is 3.11. The Labute approximate surface area is 128 Å². The van der Waals surface area contributed by atoms with E-state index in [1.807, 2.05) is 18.2 Å². The average Bonchev–Trinajstić information content (AvgIpc) is 2.54. The topological polar surface area (TPSA) is 29.5 Å². The van der Waals surface area contributed by atoms with Crippen molar-refractivity contribution < 1.29 is 9.53 Å². The van der Waals surface area contributed by atoms with Crippen LogP contribution in [0.15, 0.2) is 30.3 Å². The second kappa shape index (κ2) is 8.83. The quantitative estimate of drug-likeness (QED) is 0.563. The molecule has 0 aliphatic carbocycles. The molecule has 0 radical (unpaired) electrons. The van der Waals surface area contributed by atoms with E-state index >= 15 is 0 Å². The second-order valence-electron chi connectivity index (χ2n) is 5.83. The van der Waals surface area contributed by atoms with Crippen LogP contribution in [0.2, 0.25) is 0 Å². The van der Waals surface area contributed by atoms with Gasteiger partial charge in [-0.25, -0.2) is 4.79 Å². The molecule has 3 heteroatoms. The number of piperidine rings is 1. The van der Waals surface area contributed by atoms with Crippen molar-refractivity contribution >= 4 is 5.97 Å². The molecule has 1 saturated heterocycles. The maximum absolute atomic E-state index is 11.8. The molecule has 1 fully saturated rings. The minimum absolute atomic E-state index is 0.204. The summed E-state index contributed by atoms with van der Waals surface area (Å²) in [4.78, 5) is 14.4. The van der Waals surface area contributed by atoms with E-state index in [2.05, 4.69) is 11.8 Å². The molecule has 1 unspecified atom stereocenters. The lowest BCUT2D eigenvalue weighted by molar-refractivity contribution is 0.0479. The highest BCUT2D eigenvalue weighted by Gasteiger charge is 2.21.